The molecule has 1 heterocycles. The molecule has 0 aliphatic heterocycles. The molecule has 0 aromatic carbocycles. The van der Waals surface area contributed by atoms with E-state index in [9.17, 15) is 0 Å². The third-order valence-corrected chi connectivity index (χ3v) is 3.34. The number of nitriles is 1. The van der Waals surface area contributed by atoms with Gasteiger partial charge >= 0.3 is 0 Å². The highest BCUT2D eigenvalue weighted by atomic mass is 15.3. The Hall–Kier alpha value is -1.37. The topological polar surface area (TPSA) is 54.5 Å². The van der Waals surface area contributed by atoms with Crippen LogP contribution in [-0.2, 0) is 0 Å². The summed E-state index contributed by atoms with van der Waals surface area (Å²) in [5, 5.41) is 12.9. The maximum absolute atomic E-state index is 8.68. The number of aromatic nitrogens is 3. The van der Waals surface area contributed by atoms with E-state index in [0.717, 1.165) is 0 Å². The van der Waals surface area contributed by atoms with Gasteiger partial charge in [-0.05, 0) is 18.8 Å². The van der Waals surface area contributed by atoms with Gasteiger partial charge in [0.25, 0.3) is 5.82 Å². The molecule has 0 spiro atoms. The van der Waals surface area contributed by atoms with Crippen LogP contribution in [0.4, 0.5) is 0 Å². The van der Waals surface area contributed by atoms with Crippen molar-refractivity contribution in [3.8, 4) is 6.07 Å². The molecule has 1 aromatic rings. The van der Waals surface area contributed by atoms with E-state index in [-0.39, 0.29) is 5.82 Å². The average Bonchev–Trinajstić information content (AvgIpc) is 2.77. The Morgan fingerprint density at radius 3 is 3.00 bits per heavy atom. The lowest BCUT2D eigenvalue weighted by Crippen LogP contribution is -2.23. The van der Waals surface area contributed by atoms with Crippen LogP contribution >= 0.6 is 0 Å². The molecule has 2 atom stereocenters. The number of hydrogen-bond donors (Lipinski definition) is 0. The summed E-state index contributed by atoms with van der Waals surface area (Å²) in [5.74, 6) is 0.988. The molecule has 2 rings (SSSR count). The predicted molar refractivity (Wildman–Crippen MR) is 56.0 cm³/mol. The van der Waals surface area contributed by atoms with Gasteiger partial charge in [-0.1, -0.05) is 26.2 Å². The maximum atomic E-state index is 8.68. The summed E-state index contributed by atoms with van der Waals surface area (Å²) in [5.41, 5.74) is 0. The fourth-order valence-electron chi connectivity index (χ4n) is 2.50. The Bertz CT molecular complexity index is 363. The van der Waals surface area contributed by atoms with E-state index in [2.05, 4.69) is 17.0 Å². The van der Waals surface area contributed by atoms with Crippen molar-refractivity contribution in [2.75, 3.05) is 0 Å². The minimum absolute atomic E-state index is 0.287. The van der Waals surface area contributed by atoms with Gasteiger partial charge in [0.2, 0.25) is 0 Å². The van der Waals surface area contributed by atoms with E-state index in [1.54, 1.807) is 6.33 Å². The molecule has 15 heavy (non-hydrogen) atoms. The largest absolute Gasteiger partial charge is 0.252 e. The van der Waals surface area contributed by atoms with Crippen molar-refractivity contribution in [1.82, 2.24) is 14.8 Å². The van der Waals surface area contributed by atoms with E-state index in [1.165, 1.54) is 32.1 Å². The smallest absolute Gasteiger partial charge is 0.248 e. The van der Waals surface area contributed by atoms with E-state index in [0.29, 0.717) is 12.0 Å². The zero-order valence-electron chi connectivity index (χ0n) is 9.06. The second-order valence-corrected chi connectivity index (χ2v) is 4.18. The third-order valence-electron chi connectivity index (χ3n) is 3.34. The molecule has 4 heteroatoms. The van der Waals surface area contributed by atoms with Crippen molar-refractivity contribution in [2.45, 2.75) is 45.1 Å². The first-order chi connectivity index (χ1) is 7.35. The number of nitrogens with zero attached hydrogens (tertiary/aromatic N) is 4. The molecule has 0 bridgehead atoms. The molecule has 80 valence electrons. The first-order valence-electron chi connectivity index (χ1n) is 5.66. The van der Waals surface area contributed by atoms with Crippen LogP contribution in [0.5, 0.6) is 0 Å². The number of rotatable bonds is 2. The van der Waals surface area contributed by atoms with Gasteiger partial charge < -0.3 is 0 Å². The van der Waals surface area contributed by atoms with E-state index >= 15 is 0 Å². The molecule has 1 saturated carbocycles. The quantitative estimate of drug-likeness (QED) is 0.742. The highest BCUT2D eigenvalue weighted by molar-refractivity contribution is 5.05. The summed E-state index contributed by atoms with van der Waals surface area (Å²) < 4.78 is 1.89. The van der Waals surface area contributed by atoms with Gasteiger partial charge in [-0.25, -0.2) is 9.67 Å². The fourth-order valence-corrected chi connectivity index (χ4v) is 2.50. The normalized spacial score (nSPS) is 26.1. The molecule has 0 radical (unpaired) electrons. The van der Waals surface area contributed by atoms with Crippen LogP contribution < -0.4 is 0 Å². The lowest BCUT2D eigenvalue weighted by molar-refractivity contribution is 0.217. The van der Waals surface area contributed by atoms with Crippen molar-refractivity contribution in [2.24, 2.45) is 5.92 Å². The minimum atomic E-state index is 0.287. The van der Waals surface area contributed by atoms with E-state index in [4.69, 9.17) is 5.26 Å². The van der Waals surface area contributed by atoms with Gasteiger partial charge in [0, 0.05) is 0 Å². The van der Waals surface area contributed by atoms with Crippen LogP contribution in [0.15, 0.2) is 6.33 Å². The molecule has 2 unspecified atom stereocenters. The summed E-state index contributed by atoms with van der Waals surface area (Å²) >= 11 is 0. The van der Waals surface area contributed by atoms with Crippen LogP contribution in [0.1, 0.15) is 50.9 Å². The van der Waals surface area contributed by atoms with Crippen LogP contribution in [0.3, 0.4) is 0 Å². The van der Waals surface area contributed by atoms with Gasteiger partial charge in [-0.15, -0.1) is 5.10 Å². The van der Waals surface area contributed by atoms with Crippen molar-refractivity contribution in [3.63, 3.8) is 0 Å². The molecule has 0 saturated heterocycles. The van der Waals surface area contributed by atoms with Crippen molar-refractivity contribution in [3.05, 3.63) is 12.2 Å². The minimum Gasteiger partial charge on any atom is -0.248 e. The zero-order chi connectivity index (χ0) is 10.7. The monoisotopic (exact) mass is 204 g/mol. The Morgan fingerprint density at radius 1 is 1.53 bits per heavy atom. The summed E-state index contributed by atoms with van der Waals surface area (Å²) in [4.78, 5) is 3.97. The first kappa shape index (κ1) is 10.2. The Morgan fingerprint density at radius 2 is 2.33 bits per heavy atom. The van der Waals surface area contributed by atoms with Gasteiger partial charge in [-0.2, -0.15) is 5.26 Å². The predicted octanol–water partition coefficient (Wildman–Crippen LogP) is 2.29. The molecule has 1 aliphatic rings. The van der Waals surface area contributed by atoms with Crippen molar-refractivity contribution < 1.29 is 0 Å². The Kier molecular flexibility index (Phi) is 3.00. The van der Waals surface area contributed by atoms with Crippen molar-refractivity contribution in [1.29, 1.82) is 5.26 Å². The van der Waals surface area contributed by atoms with E-state index in [1.807, 2.05) is 10.8 Å². The van der Waals surface area contributed by atoms with E-state index < -0.39 is 0 Å². The molecule has 0 amide bonds. The van der Waals surface area contributed by atoms with Crippen LogP contribution in [0.25, 0.3) is 0 Å². The molecule has 1 aromatic heterocycles. The summed E-state index contributed by atoms with van der Waals surface area (Å²) in [6.45, 7) is 2.23. The number of hydrogen-bond acceptors (Lipinski definition) is 3. The molecule has 1 aliphatic carbocycles. The second kappa shape index (κ2) is 4.43. The molecular weight excluding hydrogens is 188 g/mol. The average molecular weight is 204 g/mol. The maximum Gasteiger partial charge on any atom is 0.252 e. The van der Waals surface area contributed by atoms with Crippen molar-refractivity contribution >= 4 is 0 Å². The first-order valence-corrected chi connectivity index (χ1v) is 5.66. The highest BCUT2D eigenvalue weighted by Gasteiger charge is 2.25. The lowest BCUT2D eigenvalue weighted by atomic mass is 9.83. The Balaban J connectivity index is 2.17. The van der Waals surface area contributed by atoms with Gasteiger partial charge in [0.1, 0.15) is 12.4 Å². The van der Waals surface area contributed by atoms with Gasteiger partial charge in [0.15, 0.2) is 0 Å². The standard InChI is InChI=1S/C11H16N4/c1-2-9-5-3-4-6-10(9)15-8-13-11(7-12)14-15/h8-10H,2-6H2,1H3. The lowest BCUT2D eigenvalue weighted by Gasteiger charge is -2.30. The molecule has 0 N–H and O–H groups in total. The summed E-state index contributed by atoms with van der Waals surface area (Å²) in [7, 11) is 0. The molecular formula is C11H16N4. The Labute approximate surface area is 89.9 Å². The van der Waals surface area contributed by atoms with Crippen LogP contribution in [-0.4, -0.2) is 14.8 Å². The second-order valence-electron chi connectivity index (χ2n) is 4.18. The molecule has 4 nitrogen and oxygen atoms in total. The molecule has 1 fully saturated rings. The summed E-state index contributed by atoms with van der Waals surface area (Å²) in [6, 6.07) is 2.43. The zero-order valence-corrected chi connectivity index (χ0v) is 9.06. The third kappa shape index (κ3) is 2.01. The van der Waals surface area contributed by atoms with Crippen LogP contribution in [0.2, 0.25) is 0 Å². The SMILES string of the molecule is CCC1CCCCC1n1cnc(C#N)n1. The summed E-state index contributed by atoms with van der Waals surface area (Å²) in [6.07, 6.45) is 7.94. The van der Waals surface area contributed by atoms with Gasteiger partial charge in [0.05, 0.1) is 6.04 Å². The highest BCUT2D eigenvalue weighted by Crippen LogP contribution is 2.35. The van der Waals surface area contributed by atoms with Crippen LogP contribution in [0, 0.1) is 17.2 Å². The fraction of sp³-hybridized carbons (Fsp3) is 0.727. The van der Waals surface area contributed by atoms with Gasteiger partial charge in [-0.3, -0.25) is 0 Å².